The molecule has 0 fully saturated rings. The molecule has 17 heavy (non-hydrogen) atoms. The quantitative estimate of drug-likeness (QED) is 0.626. The van der Waals surface area contributed by atoms with Crippen LogP contribution in [0.5, 0.6) is 0 Å². The van der Waals surface area contributed by atoms with Crippen molar-refractivity contribution in [3.05, 3.63) is 41.1 Å². The number of benzene rings is 1. The first-order valence-electron chi connectivity index (χ1n) is 5.31. The Kier molecular flexibility index (Phi) is 2.43. The Hall–Kier alpha value is -2.05. The highest BCUT2D eigenvalue weighted by molar-refractivity contribution is 7.08. The number of terminal acetylenes is 1. The third-order valence-corrected chi connectivity index (χ3v) is 3.37. The van der Waals surface area contributed by atoms with Gasteiger partial charge in [-0.05, 0) is 23.6 Å². The van der Waals surface area contributed by atoms with E-state index < -0.39 is 0 Å². The van der Waals surface area contributed by atoms with Gasteiger partial charge in [-0.2, -0.15) is 11.3 Å². The number of para-hydroxylation sites is 2. The highest BCUT2D eigenvalue weighted by Gasteiger charge is 2.11. The van der Waals surface area contributed by atoms with Crippen LogP contribution in [-0.4, -0.2) is 9.55 Å². The van der Waals surface area contributed by atoms with Gasteiger partial charge < -0.3 is 4.57 Å². The summed E-state index contributed by atoms with van der Waals surface area (Å²) in [5, 5.41) is 4.14. The highest BCUT2D eigenvalue weighted by Crippen LogP contribution is 2.26. The Morgan fingerprint density at radius 2 is 2.18 bits per heavy atom. The average Bonchev–Trinajstić information content (AvgIpc) is 2.97. The first-order valence-corrected chi connectivity index (χ1v) is 6.26. The molecule has 0 aliphatic carbocycles. The molecule has 2 aromatic heterocycles. The Morgan fingerprint density at radius 3 is 2.94 bits per heavy atom. The fourth-order valence-corrected chi connectivity index (χ4v) is 2.57. The van der Waals surface area contributed by atoms with E-state index in [-0.39, 0.29) is 0 Å². The van der Waals surface area contributed by atoms with Crippen molar-refractivity contribution in [3.8, 4) is 23.7 Å². The van der Waals surface area contributed by atoms with Crippen molar-refractivity contribution in [2.75, 3.05) is 0 Å². The lowest BCUT2D eigenvalue weighted by atomic mass is 10.3. The number of hydrogen-bond donors (Lipinski definition) is 0. The molecule has 0 aliphatic heterocycles. The highest BCUT2D eigenvalue weighted by atomic mass is 32.1. The maximum Gasteiger partial charge on any atom is 0.142 e. The van der Waals surface area contributed by atoms with Crippen LogP contribution in [0.3, 0.4) is 0 Å². The van der Waals surface area contributed by atoms with Crippen LogP contribution >= 0.6 is 11.3 Å². The van der Waals surface area contributed by atoms with Crippen LogP contribution in [0.1, 0.15) is 0 Å². The van der Waals surface area contributed by atoms with E-state index in [0.717, 1.165) is 22.4 Å². The monoisotopic (exact) mass is 238 g/mol. The van der Waals surface area contributed by atoms with Gasteiger partial charge in [-0.15, -0.1) is 6.42 Å². The van der Waals surface area contributed by atoms with Crippen molar-refractivity contribution < 1.29 is 0 Å². The van der Waals surface area contributed by atoms with Gasteiger partial charge in [0.15, 0.2) is 0 Å². The summed E-state index contributed by atoms with van der Waals surface area (Å²) in [5.41, 5.74) is 3.21. The summed E-state index contributed by atoms with van der Waals surface area (Å²) in [6, 6.07) is 10.1. The third-order valence-electron chi connectivity index (χ3n) is 2.68. The summed E-state index contributed by atoms with van der Waals surface area (Å²) in [6.45, 7) is 0.547. The van der Waals surface area contributed by atoms with Crippen molar-refractivity contribution in [2.45, 2.75) is 6.54 Å². The van der Waals surface area contributed by atoms with Gasteiger partial charge >= 0.3 is 0 Å². The molecule has 2 nitrogen and oxygen atoms in total. The van der Waals surface area contributed by atoms with E-state index in [9.17, 15) is 0 Å². The van der Waals surface area contributed by atoms with Gasteiger partial charge in [0.05, 0.1) is 17.6 Å². The molecule has 3 aromatic rings. The van der Waals surface area contributed by atoms with Crippen molar-refractivity contribution in [2.24, 2.45) is 0 Å². The van der Waals surface area contributed by atoms with E-state index >= 15 is 0 Å². The van der Waals surface area contributed by atoms with Crippen LogP contribution in [0, 0.1) is 12.3 Å². The smallest absolute Gasteiger partial charge is 0.142 e. The maximum absolute atomic E-state index is 5.44. The fourth-order valence-electron chi connectivity index (χ4n) is 1.94. The minimum atomic E-state index is 0.547. The minimum Gasteiger partial charge on any atom is -0.312 e. The minimum absolute atomic E-state index is 0.547. The van der Waals surface area contributed by atoms with Gasteiger partial charge in [0.2, 0.25) is 0 Å². The van der Waals surface area contributed by atoms with Gasteiger partial charge in [-0.25, -0.2) is 4.98 Å². The Balaban J connectivity index is 2.31. The second-order valence-corrected chi connectivity index (χ2v) is 4.51. The number of nitrogens with zero attached hydrogens (tertiary/aromatic N) is 2. The Morgan fingerprint density at radius 1 is 1.29 bits per heavy atom. The molecule has 0 atom stereocenters. The van der Waals surface area contributed by atoms with Gasteiger partial charge in [0.25, 0.3) is 0 Å². The average molecular weight is 238 g/mol. The zero-order valence-electron chi connectivity index (χ0n) is 9.13. The zero-order valence-corrected chi connectivity index (χ0v) is 9.95. The summed E-state index contributed by atoms with van der Waals surface area (Å²) in [7, 11) is 0. The van der Waals surface area contributed by atoms with Crippen LogP contribution in [0.15, 0.2) is 41.1 Å². The molecule has 0 radical (unpaired) electrons. The second-order valence-electron chi connectivity index (χ2n) is 3.73. The molecule has 0 amide bonds. The van der Waals surface area contributed by atoms with E-state index in [0.29, 0.717) is 6.54 Å². The molecule has 0 saturated carbocycles. The Bertz CT molecular complexity index is 687. The molecule has 2 heterocycles. The molecule has 0 unspecified atom stereocenters. The summed E-state index contributed by atoms with van der Waals surface area (Å²) in [4.78, 5) is 4.65. The number of fused-ring (bicyclic) bond motifs is 1. The maximum atomic E-state index is 5.44. The SMILES string of the molecule is C#CCn1c(-c2ccsc2)nc2ccccc21. The zero-order chi connectivity index (χ0) is 11.7. The Labute approximate surface area is 104 Å². The molecule has 3 rings (SSSR count). The summed E-state index contributed by atoms with van der Waals surface area (Å²) >= 11 is 1.67. The standard InChI is InChI=1S/C14H10N2S/c1-2-8-16-13-6-4-3-5-12(13)15-14(16)11-7-9-17-10-11/h1,3-7,9-10H,8H2. The van der Waals surface area contributed by atoms with Crippen LogP contribution in [-0.2, 0) is 6.54 Å². The first kappa shape index (κ1) is 10.1. The van der Waals surface area contributed by atoms with Gasteiger partial charge in [0, 0.05) is 10.9 Å². The number of thiophene rings is 1. The van der Waals surface area contributed by atoms with Gasteiger partial charge in [-0.3, -0.25) is 0 Å². The molecule has 0 aliphatic rings. The van der Waals surface area contributed by atoms with Gasteiger partial charge in [0.1, 0.15) is 5.82 Å². The van der Waals surface area contributed by atoms with Crippen molar-refractivity contribution >= 4 is 22.4 Å². The summed E-state index contributed by atoms with van der Waals surface area (Å²) < 4.78 is 2.08. The van der Waals surface area contributed by atoms with Gasteiger partial charge in [-0.1, -0.05) is 18.1 Å². The molecule has 0 N–H and O–H groups in total. The van der Waals surface area contributed by atoms with E-state index in [1.807, 2.05) is 18.2 Å². The molecular formula is C14H10N2S. The predicted molar refractivity (Wildman–Crippen MR) is 71.9 cm³/mol. The molecule has 1 aromatic carbocycles. The molecule has 3 heteroatoms. The largest absolute Gasteiger partial charge is 0.312 e. The lowest BCUT2D eigenvalue weighted by molar-refractivity contribution is 0.882. The lowest BCUT2D eigenvalue weighted by Crippen LogP contribution is -1.97. The van der Waals surface area contributed by atoms with E-state index in [2.05, 4.69) is 38.4 Å². The fraction of sp³-hybridized carbons (Fsp3) is 0.0714. The van der Waals surface area contributed by atoms with Crippen molar-refractivity contribution in [1.82, 2.24) is 9.55 Å². The first-order chi connectivity index (χ1) is 8.40. The number of aromatic nitrogens is 2. The predicted octanol–water partition coefficient (Wildman–Crippen LogP) is 3.40. The van der Waals surface area contributed by atoms with Crippen LogP contribution in [0.2, 0.25) is 0 Å². The van der Waals surface area contributed by atoms with Crippen molar-refractivity contribution in [1.29, 1.82) is 0 Å². The normalized spacial score (nSPS) is 10.5. The lowest BCUT2D eigenvalue weighted by Gasteiger charge is -2.03. The topological polar surface area (TPSA) is 17.8 Å². The van der Waals surface area contributed by atoms with Crippen LogP contribution in [0.25, 0.3) is 22.4 Å². The molecule has 0 saturated heterocycles. The number of hydrogen-bond acceptors (Lipinski definition) is 2. The van der Waals surface area contributed by atoms with Crippen molar-refractivity contribution in [3.63, 3.8) is 0 Å². The van der Waals surface area contributed by atoms with E-state index in [1.165, 1.54) is 0 Å². The molecular weight excluding hydrogens is 228 g/mol. The van der Waals surface area contributed by atoms with E-state index in [1.54, 1.807) is 11.3 Å². The molecule has 0 spiro atoms. The van der Waals surface area contributed by atoms with Crippen LogP contribution in [0.4, 0.5) is 0 Å². The second kappa shape index (κ2) is 4.08. The molecule has 0 bridgehead atoms. The van der Waals surface area contributed by atoms with Crippen LogP contribution < -0.4 is 0 Å². The number of rotatable bonds is 2. The summed E-state index contributed by atoms with van der Waals surface area (Å²) in [6.07, 6.45) is 5.44. The third kappa shape index (κ3) is 1.63. The summed E-state index contributed by atoms with van der Waals surface area (Å²) in [5.74, 6) is 3.64. The van der Waals surface area contributed by atoms with E-state index in [4.69, 9.17) is 6.42 Å². The molecule has 82 valence electrons. The number of imidazole rings is 1.